The molecule has 5 nitrogen and oxygen atoms in total. The number of hydrogen-bond donors (Lipinski definition) is 0. The molecule has 0 aliphatic rings. The first-order chi connectivity index (χ1) is 41.4. The Labute approximate surface area is 457 Å². The van der Waals surface area contributed by atoms with Crippen LogP contribution >= 0.6 is 0 Å². The number of benzene rings is 10. The highest BCUT2D eigenvalue weighted by molar-refractivity contribution is 6.09. The summed E-state index contributed by atoms with van der Waals surface area (Å²) in [5, 5.41) is 2.08. The second kappa shape index (κ2) is 19.0. The number of pyridine rings is 1. The van der Waals surface area contributed by atoms with Gasteiger partial charge in [-0.25, -0.2) is 4.98 Å². The molecule has 0 spiro atoms. The average Bonchev–Trinajstić information content (AvgIpc) is 1.83. The first-order valence-electron chi connectivity index (χ1n) is 30.2. The molecule has 5 heteroatoms. The predicted octanol–water partition coefficient (Wildman–Crippen LogP) is 17.9. The zero-order valence-electron chi connectivity index (χ0n) is 52.2. The first kappa shape index (κ1) is 36.4. The van der Waals surface area contributed by atoms with E-state index in [9.17, 15) is 5.48 Å². The van der Waals surface area contributed by atoms with Gasteiger partial charge >= 0.3 is 0 Å². The molecule has 10 aromatic carbocycles. The molecule has 0 unspecified atom stereocenters. The molecule has 364 valence electrons. The lowest BCUT2D eigenvalue weighted by molar-refractivity contribution is -0.571. The van der Waals surface area contributed by atoms with E-state index in [4.69, 9.17) is 17.9 Å². The lowest BCUT2D eigenvalue weighted by Crippen LogP contribution is -2.31. The van der Waals surface area contributed by atoms with E-state index in [0.717, 1.165) is 72.1 Å². The number of nitrogens with zero attached hydrogens (tertiary/aromatic N) is 4. The maximum absolute atomic E-state index is 9.22. The van der Waals surface area contributed by atoms with Crippen LogP contribution in [0.3, 0.4) is 0 Å². The minimum absolute atomic E-state index is 0.134. The molecule has 0 amide bonds. The van der Waals surface area contributed by atoms with Crippen molar-refractivity contribution < 1.29 is 23.0 Å². The normalized spacial score (nSPS) is 13.5. The van der Waals surface area contributed by atoms with E-state index in [2.05, 4.69) is 111 Å². The molecule has 0 aliphatic heterocycles. The Kier molecular flexibility index (Phi) is 9.11. The molecule has 0 bridgehead atoms. The Morgan fingerprint density at radius 1 is 0.500 bits per heavy atom. The average molecular weight is 989 g/mol. The predicted molar refractivity (Wildman–Crippen MR) is 313 cm³/mol. The van der Waals surface area contributed by atoms with Crippen LogP contribution in [-0.2, 0) is 5.41 Å². The Morgan fingerprint density at radius 2 is 1.13 bits per heavy atom. The van der Waals surface area contributed by atoms with Crippen molar-refractivity contribution >= 4 is 32.8 Å². The second-order valence-corrected chi connectivity index (χ2v) is 19.9. The van der Waals surface area contributed by atoms with Crippen molar-refractivity contribution in [3.8, 4) is 84.3 Å². The molecule has 76 heavy (non-hydrogen) atoms. The minimum Gasteiger partial charge on any atom is -0.457 e. The van der Waals surface area contributed by atoms with Crippen molar-refractivity contribution in [2.45, 2.75) is 33.1 Å². The maximum Gasteiger partial charge on any atom is 0.269 e. The van der Waals surface area contributed by atoms with E-state index in [1.165, 1.54) is 0 Å². The zero-order valence-corrected chi connectivity index (χ0v) is 42.2. The van der Waals surface area contributed by atoms with Gasteiger partial charge in [0.05, 0.1) is 47.1 Å². The smallest absolute Gasteiger partial charge is 0.269 e. The molecule has 3 aromatic heterocycles. The summed E-state index contributed by atoms with van der Waals surface area (Å²) in [7, 11) is 0. The van der Waals surface area contributed by atoms with Crippen LogP contribution in [0, 0.1) is 13.3 Å². The summed E-state index contributed by atoms with van der Waals surface area (Å²) in [6.07, 6.45) is 5.43. The minimum atomic E-state index is -0.576. The van der Waals surface area contributed by atoms with E-state index in [-0.39, 0.29) is 33.4 Å². The van der Waals surface area contributed by atoms with Crippen LogP contribution in [0.25, 0.3) is 106 Å². The largest absolute Gasteiger partial charge is 0.457 e. The fourth-order valence-corrected chi connectivity index (χ4v) is 10.4. The summed E-state index contributed by atoms with van der Waals surface area (Å²) in [6, 6.07) is 56.6. The quantitative estimate of drug-likeness (QED) is 0.101. The van der Waals surface area contributed by atoms with Gasteiger partial charge in [-0.15, -0.1) is 0 Å². The van der Waals surface area contributed by atoms with Gasteiger partial charge in [-0.3, -0.25) is 13.7 Å². The van der Waals surface area contributed by atoms with Crippen molar-refractivity contribution in [3.05, 3.63) is 272 Å². The van der Waals surface area contributed by atoms with Gasteiger partial charge in [-0.1, -0.05) is 209 Å². The third-order valence-electron chi connectivity index (χ3n) is 14.2. The number of fused-ring (bicyclic) bond motifs is 4. The molecule has 0 saturated carbocycles. The molecule has 0 fully saturated rings. The fraction of sp³-hybridized carbons (Fsp3) is 0.0704. The first-order valence-corrected chi connectivity index (χ1v) is 25.2. The van der Waals surface area contributed by atoms with Crippen LogP contribution in [0.5, 0.6) is 11.5 Å². The maximum atomic E-state index is 9.22. The SMILES string of the molecule is [2H]c1c([2H])c([2H])c(-c2cccc(-c3c([2H])c([2H])c([2H])c([2H])c3[2H])c2-[n+]2[c-]n(-c3ccc(-c4cc(-c5ccccc5)cc(-c5ccccc5)c4C)c(Oc4ccc5c6ccccc6n(-c6cc(C(C)(C)C)ccn6)c5c4)c3)c3ccccc32)c([2H])c1[2H]. The molecule has 13 aromatic rings. The molecule has 3 heterocycles. The number of ether oxygens (including phenoxy) is 1. The summed E-state index contributed by atoms with van der Waals surface area (Å²) in [5.74, 6) is 1.83. The van der Waals surface area contributed by atoms with Crippen LogP contribution in [0.2, 0.25) is 0 Å². The van der Waals surface area contributed by atoms with Gasteiger partial charge in [0.2, 0.25) is 0 Å². The van der Waals surface area contributed by atoms with E-state index >= 15 is 0 Å². The third kappa shape index (κ3) is 8.32. The van der Waals surface area contributed by atoms with E-state index in [0.29, 0.717) is 28.2 Å². The van der Waals surface area contributed by atoms with Crippen LogP contribution in [-0.4, -0.2) is 14.1 Å². The van der Waals surface area contributed by atoms with Crippen molar-refractivity contribution in [2.75, 3.05) is 0 Å². The Hall–Kier alpha value is -9.58. The molecule has 13 rings (SSSR count). The van der Waals surface area contributed by atoms with E-state index in [1.807, 2.05) is 108 Å². The van der Waals surface area contributed by atoms with Crippen molar-refractivity contribution in [2.24, 2.45) is 0 Å². The number of hydrogen-bond acceptors (Lipinski definition) is 2. The van der Waals surface area contributed by atoms with E-state index < -0.39 is 60.4 Å². The van der Waals surface area contributed by atoms with Gasteiger partial charge in [0, 0.05) is 28.6 Å². The molecule has 0 radical (unpaired) electrons. The summed E-state index contributed by atoms with van der Waals surface area (Å²) < 4.78 is 102. The van der Waals surface area contributed by atoms with Crippen LogP contribution in [0.4, 0.5) is 0 Å². The Bertz CT molecular complexity index is 4770. The monoisotopic (exact) mass is 988 g/mol. The number of aromatic nitrogens is 4. The van der Waals surface area contributed by atoms with Gasteiger partial charge in [0.25, 0.3) is 6.33 Å². The highest BCUT2D eigenvalue weighted by Gasteiger charge is 2.23. The summed E-state index contributed by atoms with van der Waals surface area (Å²) in [5.41, 5.74) is 11.7. The third-order valence-corrected chi connectivity index (χ3v) is 14.2. The highest BCUT2D eigenvalue weighted by Crippen LogP contribution is 2.44. The van der Waals surface area contributed by atoms with Crippen LogP contribution in [0.1, 0.15) is 45.6 Å². The molecule has 0 saturated heterocycles. The van der Waals surface area contributed by atoms with Crippen molar-refractivity contribution in [1.29, 1.82) is 0 Å². The molecule has 0 aliphatic carbocycles. The van der Waals surface area contributed by atoms with Gasteiger partial charge in [-0.05, 0) is 128 Å². The van der Waals surface area contributed by atoms with Crippen molar-refractivity contribution in [1.82, 2.24) is 14.1 Å². The molecular formula is C71H54N4O. The summed E-state index contributed by atoms with van der Waals surface area (Å²) in [4.78, 5) is 4.95. The summed E-state index contributed by atoms with van der Waals surface area (Å²) in [6.45, 7) is 8.70. The van der Waals surface area contributed by atoms with Gasteiger partial charge in [0.15, 0.2) is 0 Å². The number of imidazole rings is 1. The standard InChI is InChI=1S/C71H54N4O/c1-48-62(52-28-15-8-16-29-52)42-53(49-22-9-5-10-23-49)43-63(48)61-38-36-55(45-68(61)76-56-37-39-60-59-30-17-18-33-64(59)75(67(60)46-56)69-44-54(40-41-72-69)71(2,3)4)73-47-74(66-35-20-19-34-65(66)73)70-57(50-24-11-6-12-25-50)31-21-32-58(70)51-26-13-7-14-27-51/h5-46H,1-4H3/i6D,7D,11D,12D,13D,14D,24D,25D,26D,27D. The number of rotatable bonds is 10. The molecular weight excluding hydrogens is 925 g/mol. The molecule has 0 atom stereocenters. The summed E-state index contributed by atoms with van der Waals surface area (Å²) >= 11 is 0. The van der Waals surface area contributed by atoms with Crippen molar-refractivity contribution in [3.63, 3.8) is 0 Å². The van der Waals surface area contributed by atoms with Gasteiger partial charge in [0.1, 0.15) is 17.3 Å². The van der Waals surface area contributed by atoms with E-state index in [1.54, 1.807) is 22.8 Å². The topological polar surface area (TPSA) is 35.9 Å². The lowest BCUT2D eigenvalue weighted by Gasteiger charge is -2.20. The van der Waals surface area contributed by atoms with Gasteiger partial charge < -0.3 is 4.74 Å². The fourth-order valence-electron chi connectivity index (χ4n) is 10.4. The highest BCUT2D eigenvalue weighted by atomic mass is 16.5. The van der Waals surface area contributed by atoms with Gasteiger partial charge in [-0.2, -0.15) is 0 Å². The Morgan fingerprint density at radius 3 is 1.84 bits per heavy atom. The van der Waals surface area contributed by atoms with Crippen LogP contribution in [0.15, 0.2) is 255 Å². The second-order valence-electron chi connectivity index (χ2n) is 19.9. The molecule has 0 N–H and O–H groups in total. The number of para-hydroxylation sites is 4. The zero-order chi connectivity index (χ0) is 60.0. The Balaban J connectivity index is 1.08. The lowest BCUT2D eigenvalue weighted by atomic mass is 9.88. The van der Waals surface area contributed by atoms with Crippen LogP contribution < -0.4 is 9.30 Å².